The zero-order valence-electron chi connectivity index (χ0n) is 16.3. The maximum Gasteiger partial charge on any atom is 0.232 e. The van der Waals surface area contributed by atoms with E-state index in [0.29, 0.717) is 6.54 Å². The molecule has 5 heteroatoms. The van der Waals surface area contributed by atoms with Crippen molar-refractivity contribution < 1.29 is 9.32 Å². The van der Waals surface area contributed by atoms with Gasteiger partial charge in [-0.2, -0.15) is 0 Å². The van der Waals surface area contributed by atoms with Crippen molar-refractivity contribution in [2.24, 2.45) is 0 Å². The first-order valence-corrected chi connectivity index (χ1v) is 9.59. The van der Waals surface area contributed by atoms with Gasteiger partial charge < -0.3 is 14.3 Å². The molecule has 26 heavy (non-hydrogen) atoms. The molecule has 1 aliphatic heterocycles. The van der Waals surface area contributed by atoms with Gasteiger partial charge in [0.05, 0.1) is 12.1 Å². The van der Waals surface area contributed by atoms with E-state index in [1.54, 1.807) is 6.92 Å². The predicted octanol–water partition coefficient (Wildman–Crippen LogP) is 4.40. The van der Waals surface area contributed by atoms with E-state index in [-0.39, 0.29) is 11.9 Å². The molecule has 1 atom stereocenters. The highest BCUT2D eigenvalue weighted by atomic mass is 16.5. The highest BCUT2D eigenvalue weighted by Gasteiger charge is 2.28. The maximum absolute atomic E-state index is 12.3. The molecule has 1 aromatic carbocycles. The number of hydrogen-bond donors (Lipinski definition) is 0. The van der Waals surface area contributed by atoms with Crippen molar-refractivity contribution in [2.75, 3.05) is 18.0 Å². The van der Waals surface area contributed by atoms with Crippen LogP contribution in [0.1, 0.15) is 51.2 Å². The summed E-state index contributed by atoms with van der Waals surface area (Å²) < 4.78 is 5.80. The largest absolute Gasteiger partial charge is 0.340 e. The van der Waals surface area contributed by atoms with Crippen LogP contribution in [0.15, 0.2) is 28.8 Å². The van der Waals surface area contributed by atoms with Gasteiger partial charge in [-0.3, -0.25) is 4.79 Å². The van der Waals surface area contributed by atoms with E-state index in [9.17, 15) is 4.79 Å². The third-order valence-electron chi connectivity index (χ3n) is 5.34. The van der Waals surface area contributed by atoms with Crippen LogP contribution in [0.5, 0.6) is 0 Å². The van der Waals surface area contributed by atoms with Crippen molar-refractivity contribution in [3.8, 4) is 11.3 Å². The average molecular weight is 355 g/mol. The standard InChI is InChI=1S/C21H29N3O2/c1-5-16(3)24(17(4)25)14-19-20(18-10-8-15(2)9-11-18)22-26-21(19)23-12-6-7-13-23/h8-11,16H,5-7,12-14H2,1-4H3. The minimum Gasteiger partial charge on any atom is -0.340 e. The molecular weight excluding hydrogens is 326 g/mol. The summed E-state index contributed by atoms with van der Waals surface area (Å²) in [6.45, 7) is 10.4. The van der Waals surface area contributed by atoms with Crippen LogP contribution in [-0.2, 0) is 11.3 Å². The molecule has 0 radical (unpaired) electrons. The van der Waals surface area contributed by atoms with Crippen molar-refractivity contribution in [3.63, 3.8) is 0 Å². The van der Waals surface area contributed by atoms with Gasteiger partial charge in [-0.15, -0.1) is 0 Å². The molecule has 2 heterocycles. The van der Waals surface area contributed by atoms with Gasteiger partial charge >= 0.3 is 0 Å². The molecule has 1 aromatic heterocycles. The SMILES string of the molecule is CCC(C)N(Cc1c(-c2ccc(C)cc2)noc1N1CCCC1)C(C)=O. The fourth-order valence-corrected chi connectivity index (χ4v) is 3.52. The summed E-state index contributed by atoms with van der Waals surface area (Å²) in [4.78, 5) is 16.4. The minimum atomic E-state index is 0.0859. The Labute approximate surface area is 156 Å². The Morgan fingerprint density at radius 3 is 2.50 bits per heavy atom. The summed E-state index contributed by atoms with van der Waals surface area (Å²) in [5.74, 6) is 0.912. The predicted molar refractivity (Wildman–Crippen MR) is 104 cm³/mol. The molecule has 140 valence electrons. The Kier molecular flexibility index (Phi) is 5.64. The fraction of sp³-hybridized carbons (Fsp3) is 0.524. The number of rotatable bonds is 6. The normalized spacial score (nSPS) is 15.3. The zero-order chi connectivity index (χ0) is 18.7. The van der Waals surface area contributed by atoms with Gasteiger partial charge in [-0.05, 0) is 33.1 Å². The molecule has 1 saturated heterocycles. The van der Waals surface area contributed by atoms with Gasteiger partial charge in [-0.1, -0.05) is 41.9 Å². The summed E-state index contributed by atoms with van der Waals surface area (Å²) in [7, 11) is 0. The zero-order valence-corrected chi connectivity index (χ0v) is 16.3. The molecular formula is C21H29N3O2. The minimum absolute atomic E-state index is 0.0859. The number of carbonyl (C=O) groups excluding carboxylic acids is 1. The molecule has 0 spiro atoms. The molecule has 1 unspecified atom stereocenters. The summed E-state index contributed by atoms with van der Waals surface area (Å²) in [5, 5.41) is 4.40. The Morgan fingerprint density at radius 2 is 1.92 bits per heavy atom. The summed E-state index contributed by atoms with van der Waals surface area (Å²) in [6, 6.07) is 8.50. The topological polar surface area (TPSA) is 49.6 Å². The summed E-state index contributed by atoms with van der Waals surface area (Å²) in [6.07, 6.45) is 3.26. The Balaban J connectivity index is 2.02. The van der Waals surface area contributed by atoms with E-state index in [2.05, 4.69) is 55.1 Å². The Hall–Kier alpha value is -2.30. The lowest BCUT2D eigenvalue weighted by molar-refractivity contribution is -0.131. The van der Waals surface area contributed by atoms with Crippen LogP contribution >= 0.6 is 0 Å². The molecule has 0 saturated carbocycles. The molecule has 1 aliphatic rings. The second kappa shape index (κ2) is 7.94. The summed E-state index contributed by atoms with van der Waals surface area (Å²) in [5.41, 5.74) is 4.11. The second-order valence-corrected chi connectivity index (χ2v) is 7.28. The average Bonchev–Trinajstić information content (AvgIpc) is 3.28. The molecule has 0 aliphatic carbocycles. The molecule has 1 amide bonds. The lowest BCUT2D eigenvalue weighted by Crippen LogP contribution is -2.36. The number of hydrogen-bond acceptors (Lipinski definition) is 4. The van der Waals surface area contributed by atoms with Crippen molar-refractivity contribution in [3.05, 3.63) is 35.4 Å². The number of aromatic nitrogens is 1. The highest BCUT2D eigenvalue weighted by Crippen LogP contribution is 2.34. The number of amides is 1. The van der Waals surface area contributed by atoms with Crippen LogP contribution in [0.25, 0.3) is 11.3 Å². The van der Waals surface area contributed by atoms with Gasteiger partial charge in [0.1, 0.15) is 5.69 Å². The molecule has 3 rings (SSSR count). The van der Waals surface area contributed by atoms with Crippen molar-refractivity contribution in [1.29, 1.82) is 0 Å². The van der Waals surface area contributed by atoms with Crippen molar-refractivity contribution >= 4 is 11.8 Å². The van der Waals surface area contributed by atoms with Gasteiger partial charge in [0, 0.05) is 31.6 Å². The second-order valence-electron chi connectivity index (χ2n) is 7.28. The summed E-state index contributed by atoms with van der Waals surface area (Å²) >= 11 is 0. The first-order valence-electron chi connectivity index (χ1n) is 9.59. The number of benzene rings is 1. The van der Waals surface area contributed by atoms with E-state index in [1.807, 2.05) is 4.90 Å². The molecule has 5 nitrogen and oxygen atoms in total. The van der Waals surface area contributed by atoms with Crippen molar-refractivity contribution in [1.82, 2.24) is 10.1 Å². The lowest BCUT2D eigenvalue weighted by Gasteiger charge is -2.28. The van der Waals surface area contributed by atoms with Crippen LogP contribution in [0, 0.1) is 6.92 Å². The Bertz CT molecular complexity index is 745. The van der Waals surface area contributed by atoms with E-state index >= 15 is 0 Å². The number of carbonyl (C=O) groups is 1. The number of anilines is 1. The van der Waals surface area contributed by atoms with Crippen molar-refractivity contribution in [2.45, 2.75) is 59.5 Å². The van der Waals surface area contributed by atoms with Gasteiger partial charge in [-0.25, -0.2) is 0 Å². The van der Waals surface area contributed by atoms with E-state index in [0.717, 1.165) is 42.2 Å². The van der Waals surface area contributed by atoms with Gasteiger partial charge in [0.25, 0.3) is 0 Å². The third-order valence-corrected chi connectivity index (χ3v) is 5.34. The van der Waals surface area contributed by atoms with E-state index < -0.39 is 0 Å². The van der Waals surface area contributed by atoms with Crippen LogP contribution in [0.4, 0.5) is 5.88 Å². The van der Waals surface area contributed by atoms with Gasteiger partial charge in [0.2, 0.25) is 11.8 Å². The molecule has 0 N–H and O–H groups in total. The van der Waals surface area contributed by atoms with Crippen LogP contribution in [-0.4, -0.2) is 35.1 Å². The Morgan fingerprint density at radius 1 is 1.27 bits per heavy atom. The monoisotopic (exact) mass is 355 g/mol. The first kappa shape index (κ1) is 18.5. The maximum atomic E-state index is 12.3. The molecule has 1 fully saturated rings. The van der Waals surface area contributed by atoms with Gasteiger partial charge in [0.15, 0.2) is 0 Å². The first-order chi connectivity index (χ1) is 12.5. The lowest BCUT2D eigenvalue weighted by atomic mass is 10.0. The number of nitrogens with zero attached hydrogens (tertiary/aromatic N) is 3. The number of aryl methyl sites for hydroxylation is 1. The molecule has 2 aromatic rings. The van der Waals surface area contributed by atoms with Crippen LogP contribution < -0.4 is 4.90 Å². The van der Waals surface area contributed by atoms with E-state index in [1.165, 1.54) is 18.4 Å². The smallest absolute Gasteiger partial charge is 0.232 e. The fourth-order valence-electron chi connectivity index (χ4n) is 3.52. The quantitative estimate of drug-likeness (QED) is 0.771. The van der Waals surface area contributed by atoms with E-state index in [4.69, 9.17) is 4.52 Å². The highest BCUT2D eigenvalue weighted by molar-refractivity contribution is 5.75. The van der Waals surface area contributed by atoms with Crippen LogP contribution in [0.2, 0.25) is 0 Å². The third kappa shape index (κ3) is 3.76. The van der Waals surface area contributed by atoms with Crippen LogP contribution in [0.3, 0.4) is 0 Å². The molecule has 0 bridgehead atoms.